The van der Waals surface area contributed by atoms with Gasteiger partial charge in [-0.3, -0.25) is 0 Å². The summed E-state index contributed by atoms with van der Waals surface area (Å²) in [6.45, 7) is 2.06. The van der Waals surface area contributed by atoms with E-state index in [0.29, 0.717) is 5.56 Å². The number of carbonyl (C=O) groups is 1. The second kappa shape index (κ2) is 6.68. The van der Waals surface area contributed by atoms with Gasteiger partial charge in [0, 0.05) is 9.79 Å². The number of aryl methyl sites for hydroxylation is 1. The molecule has 0 amide bonds. The van der Waals surface area contributed by atoms with Crippen LogP contribution in [0.2, 0.25) is 0 Å². The van der Waals surface area contributed by atoms with Crippen LogP contribution >= 0.6 is 21.6 Å². The Bertz CT molecular complexity index is 565. The fourth-order valence-electron chi connectivity index (χ4n) is 1.50. The van der Waals surface area contributed by atoms with E-state index in [-0.39, 0.29) is 5.97 Å². The molecule has 0 saturated heterocycles. The maximum absolute atomic E-state index is 11.6. The Morgan fingerprint density at radius 1 is 1.00 bits per heavy atom. The molecule has 0 unspecified atom stereocenters. The van der Waals surface area contributed by atoms with Crippen molar-refractivity contribution in [3.8, 4) is 0 Å². The molecule has 4 heteroatoms. The van der Waals surface area contributed by atoms with E-state index in [1.54, 1.807) is 27.7 Å². The van der Waals surface area contributed by atoms with E-state index in [2.05, 4.69) is 31.2 Å². The summed E-state index contributed by atoms with van der Waals surface area (Å²) < 4.78 is 4.78. The molecule has 2 aromatic carbocycles. The molecular weight excluding hydrogens is 276 g/mol. The standard InChI is InChI=1S/C15H14O2S2/c1-11-7-9-12(10-8-11)18-19-14-6-4-3-5-13(14)15(16)17-2/h3-10H,1-2H3. The van der Waals surface area contributed by atoms with Gasteiger partial charge in [0.2, 0.25) is 0 Å². The van der Waals surface area contributed by atoms with Crippen molar-refractivity contribution >= 4 is 27.6 Å². The average molecular weight is 290 g/mol. The molecule has 0 aromatic heterocycles. The van der Waals surface area contributed by atoms with Gasteiger partial charge in [0.25, 0.3) is 0 Å². The predicted molar refractivity (Wildman–Crippen MR) is 80.7 cm³/mol. The summed E-state index contributed by atoms with van der Waals surface area (Å²) in [7, 11) is 4.60. The van der Waals surface area contributed by atoms with E-state index in [0.717, 1.165) is 9.79 Å². The molecule has 0 atom stereocenters. The number of esters is 1. The first-order chi connectivity index (χ1) is 9.20. The Labute approximate surface area is 121 Å². The fraction of sp³-hybridized carbons (Fsp3) is 0.133. The first-order valence-corrected chi connectivity index (χ1v) is 7.94. The minimum Gasteiger partial charge on any atom is -0.465 e. The van der Waals surface area contributed by atoms with Gasteiger partial charge in [-0.1, -0.05) is 51.4 Å². The third-order valence-electron chi connectivity index (χ3n) is 2.54. The zero-order valence-corrected chi connectivity index (χ0v) is 12.4. The van der Waals surface area contributed by atoms with Crippen LogP contribution < -0.4 is 0 Å². The lowest BCUT2D eigenvalue weighted by molar-refractivity contribution is 0.0597. The zero-order chi connectivity index (χ0) is 13.7. The molecule has 0 aliphatic heterocycles. The van der Waals surface area contributed by atoms with Gasteiger partial charge in [-0.2, -0.15) is 0 Å². The van der Waals surface area contributed by atoms with Crippen molar-refractivity contribution in [2.45, 2.75) is 16.7 Å². The molecule has 0 fully saturated rings. The van der Waals surface area contributed by atoms with E-state index in [1.807, 2.05) is 18.2 Å². The fourth-order valence-corrected chi connectivity index (χ4v) is 3.64. The number of carbonyl (C=O) groups excluding carboxylic acids is 1. The van der Waals surface area contributed by atoms with Gasteiger partial charge in [0.05, 0.1) is 12.7 Å². The lowest BCUT2D eigenvalue weighted by Crippen LogP contribution is -2.02. The molecule has 0 aliphatic rings. The molecule has 0 aliphatic carbocycles. The maximum atomic E-state index is 11.6. The third-order valence-corrected chi connectivity index (χ3v) is 4.99. The summed E-state index contributed by atoms with van der Waals surface area (Å²) in [4.78, 5) is 13.7. The Balaban J connectivity index is 2.11. The van der Waals surface area contributed by atoms with Gasteiger partial charge >= 0.3 is 5.97 Å². The van der Waals surface area contributed by atoms with Crippen LogP contribution in [0.1, 0.15) is 15.9 Å². The van der Waals surface area contributed by atoms with Crippen LogP contribution in [0.25, 0.3) is 0 Å². The number of hydrogen-bond acceptors (Lipinski definition) is 4. The van der Waals surface area contributed by atoms with E-state index in [9.17, 15) is 4.79 Å². The largest absolute Gasteiger partial charge is 0.465 e. The van der Waals surface area contributed by atoms with Crippen LogP contribution in [-0.2, 0) is 4.74 Å². The minimum atomic E-state index is -0.299. The Hall–Kier alpha value is -1.39. The summed E-state index contributed by atoms with van der Waals surface area (Å²) >= 11 is 0. The van der Waals surface area contributed by atoms with Crippen LogP contribution in [0.4, 0.5) is 0 Å². The van der Waals surface area contributed by atoms with Crippen molar-refractivity contribution in [3.05, 3.63) is 59.7 Å². The van der Waals surface area contributed by atoms with Crippen molar-refractivity contribution in [2.75, 3.05) is 7.11 Å². The zero-order valence-electron chi connectivity index (χ0n) is 10.8. The van der Waals surface area contributed by atoms with Crippen LogP contribution in [-0.4, -0.2) is 13.1 Å². The van der Waals surface area contributed by atoms with E-state index in [4.69, 9.17) is 4.74 Å². The molecule has 0 N–H and O–H groups in total. The quantitative estimate of drug-likeness (QED) is 0.608. The highest BCUT2D eigenvalue weighted by molar-refractivity contribution is 8.76. The second-order valence-electron chi connectivity index (χ2n) is 3.97. The normalized spacial score (nSPS) is 10.2. The van der Waals surface area contributed by atoms with Gasteiger partial charge in [0.1, 0.15) is 0 Å². The van der Waals surface area contributed by atoms with Gasteiger partial charge in [-0.25, -0.2) is 4.79 Å². The van der Waals surface area contributed by atoms with Crippen molar-refractivity contribution in [2.24, 2.45) is 0 Å². The number of benzene rings is 2. The molecular formula is C15H14O2S2. The van der Waals surface area contributed by atoms with Crippen LogP contribution in [0.3, 0.4) is 0 Å². The number of hydrogen-bond donors (Lipinski definition) is 0. The number of methoxy groups -OCH3 is 1. The lowest BCUT2D eigenvalue weighted by atomic mass is 10.2. The summed E-state index contributed by atoms with van der Waals surface area (Å²) in [5, 5.41) is 0. The highest BCUT2D eigenvalue weighted by Gasteiger charge is 2.11. The van der Waals surface area contributed by atoms with E-state index >= 15 is 0 Å². The average Bonchev–Trinajstić information content (AvgIpc) is 2.46. The second-order valence-corrected chi connectivity index (χ2v) is 6.21. The topological polar surface area (TPSA) is 26.3 Å². The first kappa shape index (κ1) is 14.0. The molecule has 2 nitrogen and oxygen atoms in total. The molecule has 2 aromatic rings. The van der Waals surface area contributed by atoms with Crippen LogP contribution in [0.15, 0.2) is 58.3 Å². The van der Waals surface area contributed by atoms with E-state index < -0.39 is 0 Å². The third kappa shape index (κ3) is 3.78. The number of rotatable bonds is 4. The highest BCUT2D eigenvalue weighted by Crippen LogP contribution is 2.39. The summed E-state index contributed by atoms with van der Waals surface area (Å²) in [5.74, 6) is -0.299. The van der Waals surface area contributed by atoms with Crippen molar-refractivity contribution in [1.82, 2.24) is 0 Å². The molecule has 0 radical (unpaired) electrons. The molecule has 0 heterocycles. The van der Waals surface area contributed by atoms with Crippen molar-refractivity contribution in [1.29, 1.82) is 0 Å². The summed E-state index contributed by atoms with van der Waals surface area (Å²) in [6, 6.07) is 15.8. The minimum absolute atomic E-state index is 0.299. The molecule has 0 spiro atoms. The smallest absolute Gasteiger partial charge is 0.339 e. The lowest BCUT2D eigenvalue weighted by Gasteiger charge is -2.06. The maximum Gasteiger partial charge on any atom is 0.339 e. The molecule has 98 valence electrons. The molecule has 19 heavy (non-hydrogen) atoms. The van der Waals surface area contributed by atoms with Crippen LogP contribution in [0.5, 0.6) is 0 Å². The molecule has 2 rings (SSSR count). The van der Waals surface area contributed by atoms with Gasteiger partial charge < -0.3 is 4.74 Å². The Morgan fingerprint density at radius 3 is 2.37 bits per heavy atom. The molecule has 0 saturated carbocycles. The predicted octanol–water partition coefficient (Wildman–Crippen LogP) is 4.58. The van der Waals surface area contributed by atoms with E-state index in [1.165, 1.54) is 12.7 Å². The van der Waals surface area contributed by atoms with Crippen LogP contribution in [0, 0.1) is 6.92 Å². The van der Waals surface area contributed by atoms with Crippen molar-refractivity contribution < 1.29 is 9.53 Å². The summed E-state index contributed by atoms with van der Waals surface area (Å²) in [5.41, 5.74) is 1.85. The monoisotopic (exact) mass is 290 g/mol. The number of ether oxygens (including phenoxy) is 1. The Morgan fingerprint density at radius 2 is 1.68 bits per heavy atom. The first-order valence-electron chi connectivity index (χ1n) is 5.79. The van der Waals surface area contributed by atoms with Crippen molar-refractivity contribution in [3.63, 3.8) is 0 Å². The van der Waals surface area contributed by atoms with Gasteiger partial charge in [-0.05, 0) is 31.2 Å². The van der Waals surface area contributed by atoms with Gasteiger partial charge in [0.15, 0.2) is 0 Å². The summed E-state index contributed by atoms with van der Waals surface area (Å²) in [6.07, 6.45) is 0. The van der Waals surface area contributed by atoms with Gasteiger partial charge in [-0.15, -0.1) is 0 Å². The highest BCUT2D eigenvalue weighted by atomic mass is 33.1. The molecule has 0 bridgehead atoms. The Kier molecular flexibility index (Phi) is 4.93. The SMILES string of the molecule is COC(=O)c1ccccc1SSc1ccc(C)cc1.